The monoisotopic (exact) mass is 2150 g/mol. The number of hydrogen-bond acceptors (Lipinski definition) is 16. The molecule has 20 rings (SSSR count). The lowest BCUT2D eigenvalue weighted by Crippen LogP contribution is -2.48. The van der Waals surface area contributed by atoms with Crippen molar-refractivity contribution in [2.75, 3.05) is 72.1 Å². The molecule has 0 radical (unpaired) electrons. The summed E-state index contributed by atoms with van der Waals surface area (Å²) in [6.07, 6.45) is -3.18. The third-order valence-corrected chi connectivity index (χ3v) is 27.8. The Morgan fingerprint density at radius 3 is 1.19 bits per heavy atom. The van der Waals surface area contributed by atoms with Gasteiger partial charge in [0, 0.05) is 167 Å². The number of piperazine rings is 1. The van der Waals surface area contributed by atoms with E-state index in [1.54, 1.807) is 90.1 Å². The molecule has 0 aliphatic carbocycles. The molecule has 0 bridgehead atoms. The Hall–Kier alpha value is -13.4. The predicted molar refractivity (Wildman–Crippen MR) is 548 cm³/mol. The number of halogens is 9. The number of amides is 6. The van der Waals surface area contributed by atoms with Crippen molar-refractivity contribution >= 4 is 158 Å². The largest absolute Gasteiger partial charge is 0.450 e. The van der Waals surface area contributed by atoms with Crippen LogP contribution >= 0.6 is 66.7 Å². The number of nitro benzene ring substituents is 1. The number of aromatic amines is 4. The number of carbonyl (C=O) groups excluding carboxylic acids is 7. The van der Waals surface area contributed by atoms with Gasteiger partial charge in [-0.1, -0.05) is 110 Å². The number of benzene rings is 10. The molecule has 10 aromatic carbocycles. The molecule has 6 aliphatic rings. The van der Waals surface area contributed by atoms with E-state index in [-0.39, 0.29) is 36.0 Å². The van der Waals surface area contributed by atoms with Gasteiger partial charge >= 0.3 is 42.6 Å². The minimum Gasteiger partial charge on any atom is -0.450 e. The van der Waals surface area contributed by atoms with Crippen LogP contribution in [0.1, 0.15) is 176 Å². The summed E-state index contributed by atoms with van der Waals surface area (Å²) >= 11 is 25.5. The molecular formula is C108H103Br2Cl3F4N12O15. The van der Waals surface area contributed by atoms with Gasteiger partial charge < -0.3 is 58.2 Å². The molecule has 4 aromatic heterocycles. The number of nitrogens with zero attached hydrogens (tertiary/aromatic N) is 8. The zero-order valence-electron chi connectivity index (χ0n) is 79.8. The van der Waals surface area contributed by atoms with E-state index in [0.717, 1.165) is 155 Å². The lowest BCUT2D eigenvalue weighted by atomic mass is 9.92. The third-order valence-electron chi connectivity index (χ3n) is 26.1. The SMILES string of the molecule is CC(C)(C)OC(=O)N1CCCC1C(=O)Oc1ccc(C2c3[nH]c4ccc(Cl)cc4c3CCN2C(=O)OC(C)(C)C)cc1.CCOC(=O)N1CCc2c([nH]c3ccc(Br)cc23)C1c1ccc(C(=O)N2CCN(CC)CC2)cc1.O=C(Oc1ccc(Cl)cc1)N1CCc2c([nH]c3ccc(Cl)cc23)C1c1ccc([N+](=O)[O-])cc1.O=C(Oc1ccc(F)cc1)N1CCc2c([nH]c3ccc(Br)cc23)C1c1ccc(C(F)(F)F)cc1. The summed E-state index contributed by atoms with van der Waals surface area (Å²) in [6, 6.07) is 58.0. The maximum atomic E-state index is 13.4. The smallest absolute Gasteiger partial charge is 0.416 e. The van der Waals surface area contributed by atoms with Crippen LogP contribution < -0.4 is 14.2 Å². The van der Waals surface area contributed by atoms with Crippen molar-refractivity contribution in [3.8, 4) is 17.2 Å². The summed E-state index contributed by atoms with van der Waals surface area (Å²) in [4.78, 5) is 128. The molecule has 4 N–H and O–H groups in total. The van der Waals surface area contributed by atoms with Gasteiger partial charge in [-0.15, -0.1) is 0 Å². The molecule has 144 heavy (non-hydrogen) atoms. The highest BCUT2D eigenvalue weighted by Crippen LogP contribution is 2.47. The summed E-state index contributed by atoms with van der Waals surface area (Å²) in [7, 11) is 0. The average Bonchev–Trinajstić information content (AvgIpc) is 1.60. The first-order chi connectivity index (χ1) is 68.8. The van der Waals surface area contributed by atoms with E-state index in [1.807, 2.05) is 124 Å². The highest BCUT2D eigenvalue weighted by Gasteiger charge is 2.44. The Balaban J connectivity index is 0.000000132. The normalized spacial score (nSPS) is 17.3. The summed E-state index contributed by atoms with van der Waals surface area (Å²) in [6.45, 7) is 21.7. The van der Waals surface area contributed by atoms with Crippen molar-refractivity contribution in [2.45, 2.75) is 142 Å². The number of esters is 1. The number of aromatic nitrogens is 4. The lowest BCUT2D eigenvalue weighted by molar-refractivity contribution is -0.384. The van der Waals surface area contributed by atoms with Crippen LogP contribution in [0, 0.1) is 15.9 Å². The van der Waals surface area contributed by atoms with E-state index < -0.39 is 88.2 Å². The molecule has 5 atom stereocenters. The zero-order valence-corrected chi connectivity index (χ0v) is 85.2. The summed E-state index contributed by atoms with van der Waals surface area (Å²) < 4.78 is 88.0. The van der Waals surface area contributed by atoms with Gasteiger partial charge in [0.25, 0.3) is 11.6 Å². The van der Waals surface area contributed by atoms with Crippen LogP contribution in [0.5, 0.6) is 17.2 Å². The van der Waals surface area contributed by atoms with Crippen molar-refractivity contribution in [2.24, 2.45) is 0 Å². The number of nitro groups is 1. The molecule has 5 unspecified atom stereocenters. The summed E-state index contributed by atoms with van der Waals surface area (Å²) in [5.74, 6) is -0.00865. The molecule has 6 aliphatic heterocycles. The van der Waals surface area contributed by atoms with Gasteiger partial charge in [-0.25, -0.2) is 33.2 Å². The predicted octanol–water partition coefficient (Wildman–Crippen LogP) is 25.6. The number of carbonyl (C=O) groups is 7. The minimum absolute atomic E-state index is 0.0199. The van der Waals surface area contributed by atoms with Crippen molar-refractivity contribution in [1.82, 2.24) is 54.2 Å². The number of likely N-dealkylation sites (tertiary alicyclic amines) is 1. The average molecular weight is 2150 g/mol. The molecule has 2 saturated heterocycles. The van der Waals surface area contributed by atoms with Crippen LogP contribution in [0.25, 0.3) is 43.6 Å². The second-order valence-electron chi connectivity index (χ2n) is 37.7. The first-order valence-corrected chi connectivity index (χ1v) is 50.0. The quantitative estimate of drug-likeness (QED) is 0.0221. The molecule has 0 saturated carbocycles. The minimum atomic E-state index is -4.47. The van der Waals surface area contributed by atoms with Crippen LogP contribution in [0.2, 0.25) is 15.1 Å². The molecule has 27 nitrogen and oxygen atoms in total. The van der Waals surface area contributed by atoms with Crippen molar-refractivity contribution < 1.29 is 84.5 Å². The van der Waals surface area contributed by atoms with Crippen molar-refractivity contribution in [1.29, 1.82) is 0 Å². The van der Waals surface area contributed by atoms with Crippen LogP contribution in [0.3, 0.4) is 0 Å². The van der Waals surface area contributed by atoms with Gasteiger partial charge in [-0.3, -0.25) is 39.4 Å². The number of ether oxygens (including phenoxy) is 6. The Kier molecular flexibility index (Phi) is 30.4. The maximum Gasteiger partial charge on any atom is 0.416 e. The highest BCUT2D eigenvalue weighted by atomic mass is 79.9. The van der Waals surface area contributed by atoms with E-state index in [0.29, 0.717) is 103 Å². The van der Waals surface area contributed by atoms with E-state index >= 15 is 0 Å². The second-order valence-corrected chi connectivity index (χ2v) is 40.8. The number of rotatable bonds is 12. The number of nitrogens with one attached hydrogen (secondary N) is 4. The van der Waals surface area contributed by atoms with Crippen LogP contribution in [-0.2, 0) is 50.9 Å². The highest BCUT2D eigenvalue weighted by molar-refractivity contribution is 9.10. The molecule has 14 aromatic rings. The molecule has 2 fully saturated rings. The first-order valence-electron chi connectivity index (χ1n) is 47.3. The van der Waals surface area contributed by atoms with E-state index in [9.17, 15) is 61.2 Å². The number of fused-ring (bicyclic) bond motifs is 12. The molecule has 6 amide bonds. The Morgan fingerprint density at radius 1 is 0.424 bits per heavy atom. The van der Waals surface area contributed by atoms with E-state index in [1.165, 1.54) is 69.3 Å². The van der Waals surface area contributed by atoms with Gasteiger partial charge in [0.05, 0.1) is 17.1 Å². The second kappa shape index (κ2) is 42.8. The molecule has 748 valence electrons. The van der Waals surface area contributed by atoms with Gasteiger partial charge in [0.2, 0.25) is 0 Å². The number of hydrogen-bond donors (Lipinski definition) is 4. The molecule has 10 heterocycles. The van der Waals surface area contributed by atoms with E-state index in [4.69, 9.17) is 63.2 Å². The van der Waals surface area contributed by atoms with Crippen molar-refractivity contribution in [3.05, 3.63) is 337 Å². The Morgan fingerprint density at radius 2 is 0.785 bits per heavy atom. The molecular weight excluding hydrogens is 2050 g/mol. The number of likely N-dealkylation sites (N-methyl/N-ethyl adjacent to an activating group) is 1. The Labute approximate surface area is 858 Å². The van der Waals surface area contributed by atoms with Gasteiger partial charge in [0.15, 0.2) is 0 Å². The zero-order chi connectivity index (χ0) is 102. The number of H-pyrrole nitrogens is 4. The maximum absolute atomic E-state index is 13.4. The van der Waals surface area contributed by atoms with E-state index in [2.05, 4.69) is 75.8 Å². The lowest BCUT2D eigenvalue weighted by Gasteiger charge is -2.37. The summed E-state index contributed by atoms with van der Waals surface area (Å²) in [5.41, 5.74) is 13.2. The van der Waals surface area contributed by atoms with Crippen LogP contribution in [0.15, 0.2) is 227 Å². The topological polar surface area (TPSA) is 304 Å². The fraction of sp³-hybridized carbons (Fsp3) is 0.306. The first kappa shape index (κ1) is 102. The van der Waals surface area contributed by atoms with Crippen molar-refractivity contribution in [3.63, 3.8) is 0 Å². The van der Waals surface area contributed by atoms with Gasteiger partial charge in [0.1, 0.15) is 64.5 Å². The van der Waals surface area contributed by atoms with Gasteiger partial charge in [-0.2, -0.15) is 13.2 Å². The fourth-order valence-corrected chi connectivity index (χ4v) is 20.6. The van der Waals surface area contributed by atoms with Crippen LogP contribution in [0.4, 0.5) is 47.2 Å². The standard InChI is InChI=1S/C32H38ClN3O6.C27H31BrN4O3.C25H17BrF4N2O2.C24H17Cl2N3O4/c1-31(2,3)41-29(38)35-16-7-8-25(35)28(37)40-21-12-9-19(10-13-21)27-26-22(23-18-20(33)11-14-24(23)34-26)15-17-36(27)30(39)42-32(4,5)6;1-3-30-13-15-31(16-14-30)26(33)19-7-5-18(6-8-19)25-24-21(11-12-32(25)27(34)35-4-2)22-17-20(28)9-10-23(22)29-24;26-16-5-10-21-20(13-16)19-11-12-32(24(33)34-18-8-6-17(27)7-9-18)23(22(19)31-21)14-1-3-15(4-2-14)25(28,29)30;25-15-3-8-18(9-4-15)33-24(30)28-12-11-19-20-13-16(26)5-10-21(20)27-22(19)23(28)14-1-6-17(7-2-14)29(31)32/h9-14,18,25,27,34H,7-8,15-17H2,1-6H3;5-10,17,25,29H,3-4,11-16H2,1-2H3;1-10,13,23,31H,11-12H2;1-10,13,23,27H,11-12H2. The number of alkyl halides is 3. The Bertz CT molecular complexity index is 7170. The fourth-order valence-electron chi connectivity index (χ4n) is 19.4. The van der Waals surface area contributed by atoms with Crippen LogP contribution in [-0.4, -0.2) is 191 Å². The molecule has 0 spiro atoms. The third kappa shape index (κ3) is 22.7. The summed E-state index contributed by atoms with van der Waals surface area (Å²) in [5, 5.41) is 17.1. The number of non-ortho nitro benzene ring substituents is 1. The van der Waals surface area contributed by atoms with Gasteiger partial charge in [-0.05, 0) is 308 Å². The molecule has 36 heteroatoms.